The van der Waals surface area contributed by atoms with Crippen molar-refractivity contribution in [2.75, 3.05) is 13.1 Å². The van der Waals surface area contributed by atoms with Crippen LogP contribution in [0.25, 0.3) is 17.2 Å². The molecule has 3 aromatic rings. The number of piperidine rings is 1. The third kappa shape index (κ3) is 3.62. The van der Waals surface area contributed by atoms with Crippen LogP contribution in [0.5, 0.6) is 0 Å². The van der Waals surface area contributed by atoms with E-state index in [0.717, 1.165) is 24.0 Å². The molecule has 2 aromatic heterocycles. The number of halogens is 1. The summed E-state index contributed by atoms with van der Waals surface area (Å²) in [6.07, 6.45) is 10.5. The van der Waals surface area contributed by atoms with E-state index in [2.05, 4.69) is 9.55 Å². The Bertz CT molecular complexity index is 1090. The molecule has 0 spiro atoms. The Balaban J connectivity index is 1.30. The number of hydrogen-bond acceptors (Lipinski definition) is 3. The molecule has 3 heterocycles. The standard InChI is InChI=1S/C24H25FN4O/c25-19-7-1-4-17(16-19)9-10-22(30)28-14-11-20(12-15-28)29-23(18-5-2-6-18)27-21-8-3-13-26-24(21)29/h1,3-4,7-10,13,16,18,20H,2,5-6,11-12,14-15H2. The third-order valence-electron chi connectivity index (χ3n) is 6.35. The van der Waals surface area contributed by atoms with Gasteiger partial charge in [0.15, 0.2) is 5.65 Å². The van der Waals surface area contributed by atoms with Gasteiger partial charge in [0.05, 0.1) is 0 Å². The molecule has 0 atom stereocenters. The quantitative estimate of drug-likeness (QED) is 0.592. The Labute approximate surface area is 175 Å². The first kappa shape index (κ1) is 19.0. The SMILES string of the molecule is O=C(C=Cc1cccc(F)c1)N1CCC(n2c(C3CCC3)nc3cccnc32)CC1. The summed E-state index contributed by atoms with van der Waals surface area (Å²) in [4.78, 5) is 24.0. The van der Waals surface area contributed by atoms with Crippen LogP contribution < -0.4 is 0 Å². The van der Waals surface area contributed by atoms with E-state index in [0.29, 0.717) is 30.6 Å². The lowest BCUT2D eigenvalue weighted by atomic mass is 9.84. The number of carbonyl (C=O) groups excluding carboxylic acids is 1. The summed E-state index contributed by atoms with van der Waals surface area (Å²) in [5.41, 5.74) is 2.63. The summed E-state index contributed by atoms with van der Waals surface area (Å²) < 4.78 is 15.7. The highest BCUT2D eigenvalue weighted by molar-refractivity contribution is 5.91. The molecule has 154 valence electrons. The molecule has 1 saturated heterocycles. The fraction of sp³-hybridized carbons (Fsp3) is 0.375. The van der Waals surface area contributed by atoms with Crippen molar-refractivity contribution in [1.29, 1.82) is 0 Å². The van der Waals surface area contributed by atoms with Crippen molar-refractivity contribution in [2.24, 2.45) is 0 Å². The van der Waals surface area contributed by atoms with Crippen molar-refractivity contribution in [1.82, 2.24) is 19.4 Å². The van der Waals surface area contributed by atoms with Crippen molar-refractivity contribution in [3.8, 4) is 0 Å². The third-order valence-corrected chi connectivity index (χ3v) is 6.35. The van der Waals surface area contributed by atoms with Gasteiger partial charge in [0.25, 0.3) is 0 Å². The number of benzene rings is 1. The van der Waals surface area contributed by atoms with Gasteiger partial charge in [-0.3, -0.25) is 4.79 Å². The first-order valence-corrected chi connectivity index (χ1v) is 10.7. The van der Waals surface area contributed by atoms with Crippen LogP contribution in [-0.2, 0) is 4.79 Å². The average Bonchev–Trinajstić information content (AvgIpc) is 3.09. The minimum atomic E-state index is -0.297. The Hall–Kier alpha value is -3.02. The molecule has 1 aliphatic heterocycles. The van der Waals surface area contributed by atoms with Gasteiger partial charge in [0.1, 0.15) is 17.2 Å². The number of carbonyl (C=O) groups is 1. The Morgan fingerprint density at radius 3 is 2.67 bits per heavy atom. The highest BCUT2D eigenvalue weighted by atomic mass is 19.1. The van der Waals surface area contributed by atoms with E-state index in [1.807, 2.05) is 23.2 Å². The van der Waals surface area contributed by atoms with E-state index in [1.54, 1.807) is 24.3 Å². The number of amides is 1. The predicted molar refractivity (Wildman–Crippen MR) is 114 cm³/mol. The topological polar surface area (TPSA) is 51.0 Å². The molecule has 1 aromatic carbocycles. The van der Waals surface area contributed by atoms with Crippen LogP contribution >= 0.6 is 0 Å². The molecule has 2 aliphatic rings. The summed E-state index contributed by atoms with van der Waals surface area (Å²) >= 11 is 0. The van der Waals surface area contributed by atoms with Crippen molar-refractivity contribution in [2.45, 2.75) is 44.1 Å². The number of fused-ring (bicyclic) bond motifs is 1. The molecule has 0 radical (unpaired) electrons. The minimum Gasteiger partial charge on any atom is -0.339 e. The van der Waals surface area contributed by atoms with E-state index < -0.39 is 0 Å². The number of hydrogen-bond donors (Lipinski definition) is 0. The monoisotopic (exact) mass is 404 g/mol. The number of rotatable bonds is 4. The molecule has 0 N–H and O–H groups in total. The summed E-state index contributed by atoms with van der Waals surface area (Å²) in [5.74, 6) is 1.39. The van der Waals surface area contributed by atoms with Gasteiger partial charge in [-0.2, -0.15) is 0 Å². The van der Waals surface area contributed by atoms with Crippen LogP contribution in [0.1, 0.15) is 55.5 Å². The van der Waals surface area contributed by atoms with Crippen molar-refractivity contribution >= 4 is 23.1 Å². The van der Waals surface area contributed by atoms with Crippen LogP contribution in [0.4, 0.5) is 4.39 Å². The molecular weight excluding hydrogens is 379 g/mol. The molecule has 0 unspecified atom stereocenters. The summed E-state index contributed by atoms with van der Waals surface area (Å²) in [6, 6.07) is 10.6. The molecule has 2 fully saturated rings. The van der Waals surface area contributed by atoms with Gasteiger partial charge < -0.3 is 9.47 Å². The normalized spacial score (nSPS) is 18.2. The Morgan fingerprint density at radius 2 is 1.93 bits per heavy atom. The number of pyridine rings is 1. The number of likely N-dealkylation sites (tertiary alicyclic amines) is 1. The van der Waals surface area contributed by atoms with Crippen LogP contribution in [0.3, 0.4) is 0 Å². The largest absolute Gasteiger partial charge is 0.339 e. The number of nitrogens with zero attached hydrogens (tertiary/aromatic N) is 4. The van der Waals surface area contributed by atoms with E-state index in [9.17, 15) is 9.18 Å². The van der Waals surface area contributed by atoms with E-state index in [4.69, 9.17) is 4.98 Å². The minimum absolute atomic E-state index is 0.0226. The van der Waals surface area contributed by atoms with Gasteiger partial charge in [0, 0.05) is 37.3 Å². The second-order valence-corrected chi connectivity index (χ2v) is 8.26. The first-order chi connectivity index (χ1) is 14.7. The van der Waals surface area contributed by atoms with Crippen LogP contribution in [-0.4, -0.2) is 38.4 Å². The lowest BCUT2D eigenvalue weighted by molar-refractivity contribution is -0.127. The van der Waals surface area contributed by atoms with E-state index in [-0.39, 0.29) is 11.7 Å². The van der Waals surface area contributed by atoms with Gasteiger partial charge >= 0.3 is 0 Å². The molecule has 30 heavy (non-hydrogen) atoms. The number of aromatic nitrogens is 3. The summed E-state index contributed by atoms with van der Waals surface area (Å²) in [7, 11) is 0. The fourth-order valence-electron chi connectivity index (χ4n) is 4.49. The zero-order valence-corrected chi connectivity index (χ0v) is 16.9. The van der Waals surface area contributed by atoms with Crippen LogP contribution in [0.2, 0.25) is 0 Å². The van der Waals surface area contributed by atoms with Gasteiger partial charge in [-0.15, -0.1) is 0 Å². The zero-order chi connectivity index (χ0) is 20.5. The molecule has 6 heteroatoms. The fourth-order valence-corrected chi connectivity index (χ4v) is 4.49. The molecule has 5 nitrogen and oxygen atoms in total. The van der Waals surface area contributed by atoms with Crippen LogP contribution in [0, 0.1) is 5.82 Å². The maximum Gasteiger partial charge on any atom is 0.246 e. The lowest BCUT2D eigenvalue weighted by Crippen LogP contribution is -2.38. The van der Waals surface area contributed by atoms with E-state index >= 15 is 0 Å². The molecule has 0 bridgehead atoms. The summed E-state index contributed by atoms with van der Waals surface area (Å²) in [5, 5.41) is 0. The zero-order valence-electron chi connectivity index (χ0n) is 16.9. The molecule has 1 aliphatic carbocycles. The van der Waals surface area contributed by atoms with Gasteiger partial charge in [-0.1, -0.05) is 18.6 Å². The smallest absolute Gasteiger partial charge is 0.246 e. The molecule has 1 saturated carbocycles. The molecule has 5 rings (SSSR count). The van der Waals surface area contributed by atoms with E-state index in [1.165, 1.54) is 37.2 Å². The highest BCUT2D eigenvalue weighted by Gasteiger charge is 2.31. The molecule has 1 amide bonds. The number of imidazole rings is 1. The highest BCUT2D eigenvalue weighted by Crippen LogP contribution is 2.39. The summed E-state index contributed by atoms with van der Waals surface area (Å²) in [6.45, 7) is 1.40. The second-order valence-electron chi connectivity index (χ2n) is 8.26. The Kier molecular flexibility index (Phi) is 5.07. The maximum absolute atomic E-state index is 13.3. The van der Waals surface area contributed by atoms with Crippen molar-refractivity contribution < 1.29 is 9.18 Å². The van der Waals surface area contributed by atoms with Crippen LogP contribution in [0.15, 0.2) is 48.7 Å². The second kappa shape index (κ2) is 8.01. The van der Waals surface area contributed by atoms with Gasteiger partial charge in [0.2, 0.25) is 5.91 Å². The predicted octanol–water partition coefficient (Wildman–Crippen LogP) is 4.71. The maximum atomic E-state index is 13.3. The lowest BCUT2D eigenvalue weighted by Gasteiger charge is -2.34. The van der Waals surface area contributed by atoms with Gasteiger partial charge in [-0.25, -0.2) is 14.4 Å². The molecular formula is C24H25FN4O. The van der Waals surface area contributed by atoms with Crippen molar-refractivity contribution in [3.05, 3.63) is 65.9 Å². The Morgan fingerprint density at radius 1 is 1.10 bits per heavy atom. The van der Waals surface area contributed by atoms with Gasteiger partial charge in [-0.05, 0) is 61.6 Å². The average molecular weight is 404 g/mol. The van der Waals surface area contributed by atoms with Crippen molar-refractivity contribution in [3.63, 3.8) is 0 Å². The first-order valence-electron chi connectivity index (χ1n) is 10.7.